The maximum Gasteiger partial charge on any atom is 0.315 e. The first-order valence-electron chi connectivity index (χ1n) is 8.48. The van der Waals surface area contributed by atoms with Crippen molar-refractivity contribution in [1.29, 1.82) is 0 Å². The number of aromatic nitrogens is 2. The molecule has 6 nitrogen and oxygen atoms in total. The number of nitrogens with zero attached hydrogens (tertiary/aromatic N) is 3. The van der Waals surface area contributed by atoms with Crippen molar-refractivity contribution in [2.45, 2.75) is 32.0 Å². The molecule has 2 aromatic rings. The van der Waals surface area contributed by atoms with E-state index in [0.717, 1.165) is 38.2 Å². The lowest BCUT2D eigenvalue weighted by Crippen LogP contribution is -2.50. The summed E-state index contributed by atoms with van der Waals surface area (Å²) in [5.41, 5.74) is 2.30. The Bertz CT molecular complexity index is 654. The fourth-order valence-corrected chi connectivity index (χ4v) is 3.14. The van der Waals surface area contributed by atoms with Gasteiger partial charge in [0.15, 0.2) is 0 Å². The van der Waals surface area contributed by atoms with Crippen LogP contribution < -0.4 is 10.6 Å². The maximum atomic E-state index is 12.1. The molecule has 1 aromatic carbocycles. The second-order valence-electron chi connectivity index (χ2n) is 6.33. The highest BCUT2D eigenvalue weighted by atomic mass is 16.2. The Labute approximate surface area is 142 Å². The van der Waals surface area contributed by atoms with E-state index in [0.29, 0.717) is 6.54 Å². The number of urea groups is 1. The van der Waals surface area contributed by atoms with E-state index in [-0.39, 0.29) is 12.1 Å². The van der Waals surface area contributed by atoms with Crippen LogP contribution in [0.1, 0.15) is 24.1 Å². The van der Waals surface area contributed by atoms with E-state index in [1.54, 1.807) is 10.9 Å². The minimum Gasteiger partial charge on any atom is -0.334 e. The van der Waals surface area contributed by atoms with Crippen LogP contribution >= 0.6 is 0 Å². The lowest BCUT2D eigenvalue weighted by Gasteiger charge is -2.33. The number of aryl methyl sites for hydroxylation is 1. The topological polar surface area (TPSA) is 62.2 Å². The number of benzene rings is 1. The van der Waals surface area contributed by atoms with Crippen LogP contribution in [0.5, 0.6) is 0 Å². The molecule has 2 N–H and O–H groups in total. The summed E-state index contributed by atoms with van der Waals surface area (Å²) >= 11 is 0. The van der Waals surface area contributed by atoms with Crippen molar-refractivity contribution in [3.63, 3.8) is 0 Å². The van der Waals surface area contributed by atoms with Gasteiger partial charge in [-0.05, 0) is 31.0 Å². The van der Waals surface area contributed by atoms with E-state index in [2.05, 4.69) is 44.9 Å². The minimum absolute atomic E-state index is 0.109. The molecule has 0 saturated carbocycles. The summed E-state index contributed by atoms with van der Waals surface area (Å²) < 4.78 is 1.77. The second kappa shape index (κ2) is 7.97. The number of piperidine rings is 1. The number of nitrogens with one attached hydrogen (secondary N) is 2. The van der Waals surface area contributed by atoms with Gasteiger partial charge in [0.25, 0.3) is 0 Å². The Hall–Kier alpha value is -2.34. The van der Waals surface area contributed by atoms with Gasteiger partial charge >= 0.3 is 6.03 Å². The molecule has 1 unspecified atom stereocenters. The first-order valence-corrected chi connectivity index (χ1v) is 8.48. The fourth-order valence-electron chi connectivity index (χ4n) is 3.14. The number of carbonyl (C=O) groups excluding carboxylic acids is 1. The summed E-state index contributed by atoms with van der Waals surface area (Å²) in [7, 11) is 1.87. The molecule has 6 heteroatoms. The van der Waals surface area contributed by atoms with Gasteiger partial charge in [-0.1, -0.05) is 30.3 Å². The van der Waals surface area contributed by atoms with Gasteiger partial charge in [-0.2, -0.15) is 5.10 Å². The lowest BCUT2D eigenvalue weighted by atomic mass is 10.0. The summed E-state index contributed by atoms with van der Waals surface area (Å²) in [5.74, 6) is 0. The van der Waals surface area contributed by atoms with Gasteiger partial charge in [0, 0.05) is 32.4 Å². The highest BCUT2D eigenvalue weighted by Crippen LogP contribution is 2.13. The van der Waals surface area contributed by atoms with Gasteiger partial charge in [0.1, 0.15) is 0 Å². The summed E-state index contributed by atoms with van der Waals surface area (Å²) in [5, 5.41) is 10.1. The minimum atomic E-state index is -0.109. The monoisotopic (exact) mass is 327 g/mol. The molecular weight excluding hydrogens is 302 g/mol. The van der Waals surface area contributed by atoms with E-state index in [1.807, 2.05) is 19.2 Å². The van der Waals surface area contributed by atoms with Gasteiger partial charge in [-0.3, -0.25) is 9.58 Å². The zero-order chi connectivity index (χ0) is 16.8. The molecule has 2 amide bonds. The quantitative estimate of drug-likeness (QED) is 0.881. The average Bonchev–Trinajstić information content (AvgIpc) is 2.99. The summed E-state index contributed by atoms with van der Waals surface area (Å²) in [6, 6.07) is 12.5. The van der Waals surface area contributed by atoms with Crippen LogP contribution in [0.25, 0.3) is 0 Å². The fraction of sp³-hybridized carbons (Fsp3) is 0.444. The molecule has 3 rings (SSSR count). The highest BCUT2D eigenvalue weighted by Gasteiger charge is 2.21. The van der Waals surface area contributed by atoms with E-state index in [4.69, 9.17) is 0 Å². The summed E-state index contributed by atoms with van der Waals surface area (Å²) in [6.07, 6.45) is 3.88. The van der Waals surface area contributed by atoms with Gasteiger partial charge in [0.05, 0.1) is 12.2 Å². The normalized spacial score (nSPS) is 18.3. The van der Waals surface area contributed by atoms with Crippen molar-refractivity contribution in [2.24, 2.45) is 7.05 Å². The zero-order valence-electron chi connectivity index (χ0n) is 14.1. The molecule has 1 fully saturated rings. The molecule has 1 saturated heterocycles. The van der Waals surface area contributed by atoms with Crippen molar-refractivity contribution in [3.05, 3.63) is 53.9 Å². The average molecular weight is 327 g/mol. The lowest BCUT2D eigenvalue weighted by molar-refractivity contribution is 0.180. The number of carbonyl (C=O) groups is 1. The molecule has 0 radical (unpaired) electrons. The first-order chi connectivity index (χ1) is 11.7. The van der Waals surface area contributed by atoms with Gasteiger partial charge in [-0.15, -0.1) is 0 Å². The Kier molecular flexibility index (Phi) is 5.48. The second-order valence-corrected chi connectivity index (χ2v) is 6.33. The molecule has 0 aliphatic carbocycles. The van der Waals surface area contributed by atoms with Crippen LogP contribution in [0.2, 0.25) is 0 Å². The predicted molar refractivity (Wildman–Crippen MR) is 93.3 cm³/mol. The third-order valence-corrected chi connectivity index (χ3v) is 4.44. The molecule has 24 heavy (non-hydrogen) atoms. The van der Waals surface area contributed by atoms with Crippen molar-refractivity contribution < 1.29 is 4.79 Å². The number of amides is 2. The van der Waals surface area contributed by atoms with E-state index < -0.39 is 0 Å². The highest BCUT2D eigenvalue weighted by molar-refractivity contribution is 5.74. The summed E-state index contributed by atoms with van der Waals surface area (Å²) in [6.45, 7) is 3.41. The maximum absolute atomic E-state index is 12.1. The van der Waals surface area contributed by atoms with Crippen molar-refractivity contribution in [2.75, 3.05) is 13.1 Å². The van der Waals surface area contributed by atoms with E-state index in [1.165, 1.54) is 5.56 Å². The van der Waals surface area contributed by atoms with Crippen LogP contribution in [0.4, 0.5) is 4.79 Å². The molecule has 1 atom stereocenters. The molecule has 1 aliphatic heterocycles. The molecule has 0 spiro atoms. The Balaban J connectivity index is 1.44. The predicted octanol–water partition coefficient (Wildman–Crippen LogP) is 1.88. The molecule has 2 heterocycles. The number of likely N-dealkylation sites (tertiary alicyclic amines) is 1. The van der Waals surface area contributed by atoms with Crippen molar-refractivity contribution >= 4 is 6.03 Å². The standard InChI is InChI=1S/C18H25N5O/c1-22-17(9-10-20-22)12-19-18(24)21-16-8-5-11-23(14-16)13-15-6-3-2-4-7-15/h2-4,6-7,9-10,16H,5,8,11-14H2,1H3,(H2,19,21,24). The molecule has 0 bridgehead atoms. The Morgan fingerprint density at radius 3 is 2.88 bits per heavy atom. The summed E-state index contributed by atoms with van der Waals surface area (Å²) in [4.78, 5) is 14.5. The third-order valence-electron chi connectivity index (χ3n) is 4.44. The molecule has 1 aromatic heterocycles. The number of hydrogen-bond acceptors (Lipinski definition) is 3. The SMILES string of the molecule is Cn1nccc1CNC(=O)NC1CCCN(Cc2ccccc2)C1. The molecule has 128 valence electrons. The first kappa shape index (κ1) is 16.5. The molecule has 1 aliphatic rings. The third kappa shape index (κ3) is 4.58. The van der Waals surface area contributed by atoms with Crippen LogP contribution in [0.3, 0.4) is 0 Å². The van der Waals surface area contributed by atoms with Crippen molar-refractivity contribution in [3.8, 4) is 0 Å². The van der Waals surface area contributed by atoms with E-state index in [9.17, 15) is 4.79 Å². The van der Waals surface area contributed by atoms with Gasteiger partial charge < -0.3 is 10.6 Å². The number of hydrogen-bond donors (Lipinski definition) is 2. The van der Waals surface area contributed by atoms with Crippen LogP contribution in [0, 0.1) is 0 Å². The van der Waals surface area contributed by atoms with Crippen LogP contribution in [-0.4, -0.2) is 39.8 Å². The van der Waals surface area contributed by atoms with Crippen molar-refractivity contribution in [1.82, 2.24) is 25.3 Å². The Morgan fingerprint density at radius 1 is 1.29 bits per heavy atom. The van der Waals surface area contributed by atoms with Crippen LogP contribution in [-0.2, 0) is 20.1 Å². The van der Waals surface area contributed by atoms with Gasteiger partial charge in [0.2, 0.25) is 0 Å². The van der Waals surface area contributed by atoms with E-state index >= 15 is 0 Å². The smallest absolute Gasteiger partial charge is 0.315 e. The Morgan fingerprint density at radius 2 is 2.12 bits per heavy atom. The largest absolute Gasteiger partial charge is 0.334 e. The van der Waals surface area contributed by atoms with Gasteiger partial charge in [-0.25, -0.2) is 4.79 Å². The van der Waals surface area contributed by atoms with Crippen LogP contribution in [0.15, 0.2) is 42.6 Å². The number of rotatable bonds is 5. The zero-order valence-corrected chi connectivity index (χ0v) is 14.1. The molecular formula is C18H25N5O.